The van der Waals surface area contributed by atoms with Gasteiger partial charge in [-0.3, -0.25) is 14.2 Å². The Hall–Kier alpha value is -3.55. The van der Waals surface area contributed by atoms with Gasteiger partial charge in [0.05, 0.1) is 5.69 Å². The summed E-state index contributed by atoms with van der Waals surface area (Å²) in [5.74, 6) is -1.16. The summed E-state index contributed by atoms with van der Waals surface area (Å²) in [6, 6.07) is 14.3. The van der Waals surface area contributed by atoms with Crippen LogP contribution in [0.3, 0.4) is 0 Å². The Labute approximate surface area is 160 Å². The number of aromatic nitrogens is 3. The first-order chi connectivity index (χ1) is 13.5. The molecular formula is C20H19FN4O3. The molecule has 28 heavy (non-hydrogen) atoms. The van der Waals surface area contributed by atoms with Crippen molar-refractivity contribution in [2.75, 3.05) is 0 Å². The summed E-state index contributed by atoms with van der Waals surface area (Å²) >= 11 is 0. The number of nitrogens with one attached hydrogen (secondary N) is 1. The molecule has 1 aromatic heterocycles. The molecule has 0 saturated carbocycles. The number of carbonyl (C=O) groups excluding carboxylic acids is 1. The Kier molecular flexibility index (Phi) is 5.78. The van der Waals surface area contributed by atoms with Crippen molar-refractivity contribution >= 4 is 5.91 Å². The average molecular weight is 382 g/mol. The van der Waals surface area contributed by atoms with E-state index in [1.807, 2.05) is 6.92 Å². The van der Waals surface area contributed by atoms with E-state index >= 15 is 0 Å². The van der Waals surface area contributed by atoms with Gasteiger partial charge >= 0.3 is 5.69 Å². The van der Waals surface area contributed by atoms with E-state index in [9.17, 15) is 18.8 Å². The van der Waals surface area contributed by atoms with Crippen molar-refractivity contribution in [2.24, 2.45) is 0 Å². The number of rotatable bonds is 6. The predicted octanol–water partition coefficient (Wildman–Crippen LogP) is 1.87. The lowest BCUT2D eigenvalue weighted by molar-refractivity contribution is 0.0941. The van der Waals surface area contributed by atoms with Gasteiger partial charge in [0.1, 0.15) is 5.82 Å². The molecule has 7 nitrogen and oxygen atoms in total. The van der Waals surface area contributed by atoms with Crippen molar-refractivity contribution in [3.8, 4) is 5.69 Å². The smallest absolute Gasteiger partial charge is 0.346 e. The van der Waals surface area contributed by atoms with Gasteiger partial charge in [-0.15, -0.1) is 0 Å². The zero-order chi connectivity index (χ0) is 20.1. The maximum absolute atomic E-state index is 13.3. The zero-order valence-electron chi connectivity index (χ0n) is 15.3. The Balaban J connectivity index is 1.99. The number of para-hydroxylation sites is 1. The molecule has 0 saturated heterocycles. The minimum Gasteiger partial charge on any atom is -0.346 e. The van der Waals surface area contributed by atoms with Crippen molar-refractivity contribution in [1.29, 1.82) is 0 Å². The standard InChI is InChI=1S/C20H19FN4O3/c1-2-11-24-19(27)17(18(26)22-13-14-7-6-8-15(21)12-14)23-25(20(24)28)16-9-4-3-5-10-16/h3-10,12H,2,11,13H2,1H3,(H,22,26). The number of hydrogen-bond acceptors (Lipinski definition) is 4. The summed E-state index contributed by atoms with van der Waals surface area (Å²) in [6.07, 6.45) is 0.540. The molecule has 144 valence electrons. The number of nitrogens with zero attached hydrogens (tertiary/aromatic N) is 3. The van der Waals surface area contributed by atoms with Crippen molar-refractivity contribution in [1.82, 2.24) is 19.7 Å². The van der Waals surface area contributed by atoms with Gasteiger partial charge in [0.25, 0.3) is 11.5 Å². The first-order valence-electron chi connectivity index (χ1n) is 8.83. The van der Waals surface area contributed by atoms with Crippen LogP contribution in [0, 0.1) is 5.82 Å². The monoisotopic (exact) mass is 382 g/mol. The molecule has 1 heterocycles. The van der Waals surface area contributed by atoms with Crippen molar-refractivity contribution in [3.05, 3.63) is 92.5 Å². The fourth-order valence-electron chi connectivity index (χ4n) is 2.73. The molecule has 2 aromatic carbocycles. The summed E-state index contributed by atoms with van der Waals surface area (Å²) in [5.41, 5.74) is -0.779. The second kappa shape index (κ2) is 8.43. The van der Waals surface area contributed by atoms with E-state index in [4.69, 9.17) is 0 Å². The molecular weight excluding hydrogens is 363 g/mol. The molecule has 1 N–H and O–H groups in total. The summed E-state index contributed by atoms with van der Waals surface area (Å²) in [5, 5.41) is 6.55. The highest BCUT2D eigenvalue weighted by atomic mass is 19.1. The molecule has 0 fully saturated rings. The van der Waals surface area contributed by atoms with Crippen LogP contribution in [0.4, 0.5) is 4.39 Å². The van der Waals surface area contributed by atoms with Crippen molar-refractivity contribution in [2.45, 2.75) is 26.4 Å². The molecule has 0 radical (unpaired) electrons. The second-order valence-corrected chi connectivity index (χ2v) is 6.15. The SMILES string of the molecule is CCCn1c(=O)c(C(=O)NCc2cccc(F)c2)nn(-c2ccccc2)c1=O. The van der Waals surface area contributed by atoms with Crippen LogP contribution in [-0.2, 0) is 13.1 Å². The summed E-state index contributed by atoms with van der Waals surface area (Å²) in [4.78, 5) is 37.9. The maximum Gasteiger partial charge on any atom is 0.352 e. The van der Waals surface area contributed by atoms with Gasteiger partial charge in [-0.1, -0.05) is 37.3 Å². The van der Waals surface area contributed by atoms with E-state index in [2.05, 4.69) is 10.4 Å². The second-order valence-electron chi connectivity index (χ2n) is 6.15. The van der Waals surface area contributed by atoms with Crippen LogP contribution in [0.2, 0.25) is 0 Å². The fourth-order valence-corrected chi connectivity index (χ4v) is 2.73. The lowest BCUT2D eigenvalue weighted by atomic mass is 10.2. The Bertz CT molecular complexity index is 1110. The molecule has 0 atom stereocenters. The molecule has 1 amide bonds. The number of hydrogen-bond donors (Lipinski definition) is 1. The molecule has 8 heteroatoms. The molecule has 3 rings (SSSR count). The lowest BCUT2D eigenvalue weighted by Gasteiger charge is -2.11. The molecule has 0 spiro atoms. The first kappa shape index (κ1) is 19.2. The van der Waals surface area contributed by atoms with E-state index < -0.39 is 28.7 Å². The Morgan fingerprint density at radius 3 is 2.54 bits per heavy atom. The molecule has 3 aromatic rings. The van der Waals surface area contributed by atoms with Gasteiger partial charge in [0, 0.05) is 13.1 Å². The van der Waals surface area contributed by atoms with Crippen LogP contribution in [0.15, 0.2) is 64.2 Å². The third-order valence-electron chi connectivity index (χ3n) is 4.06. The van der Waals surface area contributed by atoms with E-state index in [1.165, 1.54) is 18.2 Å². The minimum atomic E-state index is -0.754. The normalized spacial score (nSPS) is 10.6. The topological polar surface area (TPSA) is 86.0 Å². The molecule has 0 bridgehead atoms. The van der Waals surface area contributed by atoms with Crippen LogP contribution >= 0.6 is 0 Å². The molecule has 0 unspecified atom stereocenters. The van der Waals surface area contributed by atoms with Crippen LogP contribution in [-0.4, -0.2) is 20.3 Å². The van der Waals surface area contributed by atoms with Crippen LogP contribution in [0.5, 0.6) is 0 Å². The number of carbonyl (C=O) groups is 1. The average Bonchev–Trinajstić information content (AvgIpc) is 2.70. The summed E-state index contributed by atoms with van der Waals surface area (Å²) in [6.45, 7) is 2.01. The third kappa shape index (κ3) is 4.06. The highest BCUT2D eigenvalue weighted by molar-refractivity contribution is 5.91. The maximum atomic E-state index is 13.3. The van der Waals surface area contributed by atoms with E-state index in [0.717, 1.165) is 9.25 Å². The van der Waals surface area contributed by atoms with E-state index in [-0.39, 0.29) is 13.1 Å². The lowest BCUT2D eigenvalue weighted by Crippen LogP contribution is -2.45. The number of amides is 1. The van der Waals surface area contributed by atoms with Crippen LogP contribution < -0.4 is 16.6 Å². The Morgan fingerprint density at radius 2 is 1.86 bits per heavy atom. The van der Waals surface area contributed by atoms with Crippen LogP contribution in [0.1, 0.15) is 29.4 Å². The summed E-state index contributed by atoms with van der Waals surface area (Å²) < 4.78 is 15.3. The molecule has 0 aliphatic carbocycles. The summed E-state index contributed by atoms with van der Waals surface area (Å²) in [7, 11) is 0. The van der Waals surface area contributed by atoms with Gasteiger partial charge < -0.3 is 5.32 Å². The van der Waals surface area contributed by atoms with Crippen LogP contribution in [0.25, 0.3) is 5.69 Å². The number of halogens is 1. The highest BCUT2D eigenvalue weighted by Gasteiger charge is 2.19. The van der Waals surface area contributed by atoms with Gasteiger partial charge in [0.2, 0.25) is 5.69 Å². The molecule has 0 aliphatic rings. The first-order valence-corrected chi connectivity index (χ1v) is 8.83. The van der Waals surface area contributed by atoms with E-state index in [1.54, 1.807) is 36.4 Å². The quantitative estimate of drug-likeness (QED) is 0.705. The predicted molar refractivity (Wildman–Crippen MR) is 102 cm³/mol. The van der Waals surface area contributed by atoms with Crippen molar-refractivity contribution in [3.63, 3.8) is 0 Å². The van der Waals surface area contributed by atoms with Gasteiger partial charge in [-0.25, -0.2) is 9.18 Å². The van der Waals surface area contributed by atoms with Gasteiger partial charge in [0.15, 0.2) is 0 Å². The number of benzene rings is 2. The van der Waals surface area contributed by atoms with E-state index in [0.29, 0.717) is 17.7 Å². The third-order valence-corrected chi connectivity index (χ3v) is 4.06. The minimum absolute atomic E-state index is 0.0238. The molecule has 0 aliphatic heterocycles. The van der Waals surface area contributed by atoms with Gasteiger partial charge in [-0.05, 0) is 36.2 Å². The van der Waals surface area contributed by atoms with Crippen molar-refractivity contribution < 1.29 is 9.18 Å². The Morgan fingerprint density at radius 1 is 1.11 bits per heavy atom. The van der Waals surface area contributed by atoms with Gasteiger partial charge in [-0.2, -0.15) is 9.78 Å². The zero-order valence-corrected chi connectivity index (χ0v) is 15.3. The highest BCUT2D eigenvalue weighted by Crippen LogP contribution is 2.04. The largest absolute Gasteiger partial charge is 0.352 e. The fraction of sp³-hybridized carbons (Fsp3) is 0.200.